The van der Waals surface area contributed by atoms with E-state index in [1.54, 1.807) is 0 Å². The van der Waals surface area contributed by atoms with Gasteiger partial charge in [-0.3, -0.25) is 0 Å². The molecule has 3 nitrogen and oxygen atoms in total. The SMILES string of the molecule is CC(C)C1CCN(c2cc(CN)cc(C(C)(C)C)n2)CC1. The van der Waals surface area contributed by atoms with E-state index in [9.17, 15) is 0 Å². The lowest BCUT2D eigenvalue weighted by Gasteiger charge is -2.35. The van der Waals surface area contributed by atoms with Gasteiger partial charge in [-0.05, 0) is 42.4 Å². The Morgan fingerprint density at radius 3 is 2.33 bits per heavy atom. The number of nitrogens with zero attached hydrogens (tertiary/aromatic N) is 2. The number of hydrogen-bond donors (Lipinski definition) is 1. The maximum atomic E-state index is 5.88. The van der Waals surface area contributed by atoms with Crippen molar-refractivity contribution < 1.29 is 0 Å². The monoisotopic (exact) mass is 289 g/mol. The van der Waals surface area contributed by atoms with Crippen LogP contribution in [0.25, 0.3) is 0 Å². The number of piperidine rings is 1. The molecule has 0 spiro atoms. The summed E-state index contributed by atoms with van der Waals surface area (Å²) in [6.07, 6.45) is 2.55. The van der Waals surface area contributed by atoms with Gasteiger partial charge in [0.2, 0.25) is 0 Å². The molecular weight excluding hydrogens is 258 g/mol. The average molecular weight is 289 g/mol. The van der Waals surface area contributed by atoms with Crippen LogP contribution in [0.1, 0.15) is 58.7 Å². The number of rotatable bonds is 3. The molecule has 1 aromatic rings. The Kier molecular flexibility index (Phi) is 4.92. The highest BCUT2D eigenvalue weighted by Gasteiger charge is 2.24. The van der Waals surface area contributed by atoms with Crippen molar-refractivity contribution in [2.24, 2.45) is 17.6 Å². The van der Waals surface area contributed by atoms with Crippen LogP contribution in [-0.2, 0) is 12.0 Å². The minimum atomic E-state index is 0.0657. The van der Waals surface area contributed by atoms with Gasteiger partial charge in [-0.15, -0.1) is 0 Å². The van der Waals surface area contributed by atoms with Gasteiger partial charge >= 0.3 is 0 Å². The van der Waals surface area contributed by atoms with E-state index in [0.717, 1.165) is 36.4 Å². The van der Waals surface area contributed by atoms with Gasteiger partial charge in [-0.1, -0.05) is 34.6 Å². The van der Waals surface area contributed by atoms with Gasteiger partial charge in [-0.25, -0.2) is 4.98 Å². The van der Waals surface area contributed by atoms with E-state index in [0.29, 0.717) is 6.54 Å². The topological polar surface area (TPSA) is 42.1 Å². The zero-order chi connectivity index (χ0) is 15.6. The van der Waals surface area contributed by atoms with Crippen LogP contribution in [0, 0.1) is 11.8 Å². The van der Waals surface area contributed by atoms with Crippen LogP contribution in [0.2, 0.25) is 0 Å². The summed E-state index contributed by atoms with van der Waals surface area (Å²) in [6, 6.07) is 4.33. The highest BCUT2D eigenvalue weighted by atomic mass is 15.2. The first-order valence-electron chi connectivity index (χ1n) is 8.27. The summed E-state index contributed by atoms with van der Waals surface area (Å²) >= 11 is 0. The molecule has 0 atom stereocenters. The van der Waals surface area contributed by atoms with Gasteiger partial charge in [0.25, 0.3) is 0 Å². The van der Waals surface area contributed by atoms with E-state index in [1.165, 1.54) is 18.4 Å². The molecule has 1 fully saturated rings. The van der Waals surface area contributed by atoms with E-state index in [4.69, 9.17) is 10.7 Å². The molecule has 0 aliphatic carbocycles. The lowest BCUT2D eigenvalue weighted by atomic mass is 9.86. The van der Waals surface area contributed by atoms with Crippen LogP contribution in [0.3, 0.4) is 0 Å². The molecule has 1 aliphatic heterocycles. The Labute approximate surface area is 129 Å². The smallest absolute Gasteiger partial charge is 0.129 e. The van der Waals surface area contributed by atoms with E-state index in [1.807, 2.05) is 0 Å². The van der Waals surface area contributed by atoms with Crippen molar-refractivity contribution in [3.63, 3.8) is 0 Å². The molecule has 0 saturated carbocycles. The molecule has 21 heavy (non-hydrogen) atoms. The minimum Gasteiger partial charge on any atom is -0.357 e. The van der Waals surface area contributed by atoms with Crippen molar-refractivity contribution in [3.05, 3.63) is 23.4 Å². The van der Waals surface area contributed by atoms with Crippen LogP contribution < -0.4 is 10.6 Å². The van der Waals surface area contributed by atoms with Crippen molar-refractivity contribution in [2.75, 3.05) is 18.0 Å². The molecule has 0 aromatic carbocycles. The van der Waals surface area contributed by atoms with Crippen molar-refractivity contribution in [3.8, 4) is 0 Å². The minimum absolute atomic E-state index is 0.0657. The van der Waals surface area contributed by atoms with E-state index >= 15 is 0 Å². The summed E-state index contributed by atoms with van der Waals surface area (Å²) in [5.74, 6) is 2.77. The van der Waals surface area contributed by atoms with Crippen LogP contribution in [0.4, 0.5) is 5.82 Å². The molecule has 0 amide bonds. The zero-order valence-electron chi connectivity index (χ0n) is 14.3. The van der Waals surface area contributed by atoms with Gasteiger partial charge < -0.3 is 10.6 Å². The molecular formula is C18H31N3. The number of nitrogens with two attached hydrogens (primary N) is 1. The third-order valence-corrected chi connectivity index (χ3v) is 4.68. The standard InChI is InChI=1S/C18H31N3/c1-13(2)15-6-8-21(9-7-15)17-11-14(12-19)10-16(20-17)18(3,4)5/h10-11,13,15H,6-9,12,19H2,1-5H3. The summed E-state index contributed by atoms with van der Waals surface area (Å²) in [5, 5.41) is 0. The lowest BCUT2D eigenvalue weighted by Crippen LogP contribution is -2.36. The van der Waals surface area contributed by atoms with E-state index < -0.39 is 0 Å². The molecule has 118 valence electrons. The summed E-state index contributed by atoms with van der Waals surface area (Å²) in [6.45, 7) is 14.1. The predicted octanol–water partition coefficient (Wildman–Crippen LogP) is 3.71. The fourth-order valence-corrected chi connectivity index (χ4v) is 3.03. The zero-order valence-corrected chi connectivity index (χ0v) is 14.3. The Bertz CT molecular complexity index is 466. The normalized spacial score (nSPS) is 17.6. The first-order chi connectivity index (χ1) is 9.81. The lowest BCUT2D eigenvalue weighted by molar-refractivity contribution is 0.310. The maximum Gasteiger partial charge on any atom is 0.129 e. The first-order valence-corrected chi connectivity index (χ1v) is 8.27. The van der Waals surface area contributed by atoms with Crippen molar-refractivity contribution >= 4 is 5.82 Å². The first kappa shape index (κ1) is 16.3. The van der Waals surface area contributed by atoms with Gasteiger partial charge in [0, 0.05) is 30.7 Å². The number of hydrogen-bond acceptors (Lipinski definition) is 3. The molecule has 0 unspecified atom stereocenters. The van der Waals surface area contributed by atoms with Crippen molar-refractivity contribution in [2.45, 2.75) is 59.4 Å². The Morgan fingerprint density at radius 2 is 1.86 bits per heavy atom. The number of pyridine rings is 1. The Morgan fingerprint density at radius 1 is 1.24 bits per heavy atom. The summed E-state index contributed by atoms with van der Waals surface area (Å²) in [5.41, 5.74) is 8.28. The van der Waals surface area contributed by atoms with Gasteiger partial charge in [0.1, 0.15) is 5.82 Å². The highest BCUT2D eigenvalue weighted by molar-refractivity contribution is 5.44. The highest BCUT2D eigenvalue weighted by Crippen LogP contribution is 2.29. The van der Waals surface area contributed by atoms with Crippen LogP contribution in [0.15, 0.2) is 12.1 Å². The molecule has 1 aromatic heterocycles. The van der Waals surface area contributed by atoms with E-state index in [-0.39, 0.29) is 5.41 Å². The molecule has 3 heteroatoms. The third-order valence-electron chi connectivity index (χ3n) is 4.68. The van der Waals surface area contributed by atoms with Crippen LogP contribution in [-0.4, -0.2) is 18.1 Å². The van der Waals surface area contributed by atoms with Crippen LogP contribution >= 0.6 is 0 Å². The van der Waals surface area contributed by atoms with Crippen LogP contribution in [0.5, 0.6) is 0 Å². The molecule has 0 radical (unpaired) electrons. The maximum absolute atomic E-state index is 5.88. The van der Waals surface area contributed by atoms with Gasteiger partial charge in [-0.2, -0.15) is 0 Å². The number of aromatic nitrogens is 1. The molecule has 2 heterocycles. The number of anilines is 1. The average Bonchev–Trinajstić information content (AvgIpc) is 2.46. The fourth-order valence-electron chi connectivity index (χ4n) is 3.03. The summed E-state index contributed by atoms with van der Waals surface area (Å²) in [4.78, 5) is 7.35. The second-order valence-corrected chi connectivity index (χ2v) is 7.74. The second kappa shape index (κ2) is 6.35. The van der Waals surface area contributed by atoms with Crippen molar-refractivity contribution in [1.82, 2.24) is 4.98 Å². The van der Waals surface area contributed by atoms with Gasteiger partial charge in [0.05, 0.1) is 0 Å². The molecule has 2 rings (SSSR count). The largest absolute Gasteiger partial charge is 0.357 e. The molecule has 2 N–H and O–H groups in total. The predicted molar refractivity (Wildman–Crippen MR) is 90.6 cm³/mol. The third kappa shape index (κ3) is 3.97. The Hall–Kier alpha value is -1.09. The quantitative estimate of drug-likeness (QED) is 0.922. The summed E-state index contributed by atoms with van der Waals surface area (Å²) in [7, 11) is 0. The fraction of sp³-hybridized carbons (Fsp3) is 0.722. The molecule has 0 bridgehead atoms. The molecule has 1 saturated heterocycles. The van der Waals surface area contributed by atoms with E-state index in [2.05, 4.69) is 51.7 Å². The summed E-state index contributed by atoms with van der Waals surface area (Å²) < 4.78 is 0. The molecule has 1 aliphatic rings. The Balaban J connectivity index is 2.20. The van der Waals surface area contributed by atoms with Gasteiger partial charge in [0.15, 0.2) is 0 Å². The second-order valence-electron chi connectivity index (χ2n) is 7.74. The van der Waals surface area contributed by atoms with Crippen molar-refractivity contribution in [1.29, 1.82) is 0 Å².